The topological polar surface area (TPSA) is 74.5 Å². The molecule has 0 saturated heterocycles. The van der Waals surface area contributed by atoms with Crippen LogP contribution < -0.4 is 5.73 Å². The van der Waals surface area contributed by atoms with Gasteiger partial charge in [0, 0.05) is 44.2 Å². The highest BCUT2D eigenvalue weighted by molar-refractivity contribution is 5.59. The minimum Gasteiger partial charge on any atom is -0.384 e. The summed E-state index contributed by atoms with van der Waals surface area (Å²) in [5.74, 6) is 1.58. The number of hydrogen-bond acceptors (Lipinski definition) is 4. The van der Waals surface area contributed by atoms with Crippen molar-refractivity contribution in [2.45, 2.75) is 13.0 Å². The fourth-order valence-corrected chi connectivity index (χ4v) is 2.15. The summed E-state index contributed by atoms with van der Waals surface area (Å²) in [5.41, 5.74) is 7.66. The van der Waals surface area contributed by atoms with E-state index in [0.29, 0.717) is 5.82 Å². The highest BCUT2D eigenvalue weighted by Gasteiger charge is 2.07. The Morgan fingerprint density at radius 1 is 1.20 bits per heavy atom. The van der Waals surface area contributed by atoms with Crippen molar-refractivity contribution in [1.82, 2.24) is 24.1 Å². The quantitative estimate of drug-likeness (QED) is 0.778. The van der Waals surface area contributed by atoms with Crippen LogP contribution >= 0.6 is 0 Å². The Balaban J connectivity index is 1.80. The van der Waals surface area contributed by atoms with Gasteiger partial charge >= 0.3 is 0 Å². The summed E-state index contributed by atoms with van der Waals surface area (Å²) in [6, 6.07) is 3.75. The van der Waals surface area contributed by atoms with Crippen molar-refractivity contribution in [3.05, 3.63) is 49.1 Å². The van der Waals surface area contributed by atoms with Crippen LogP contribution in [0.15, 0.2) is 43.2 Å². The lowest BCUT2D eigenvalue weighted by Crippen LogP contribution is -2.06. The Labute approximate surface area is 116 Å². The Bertz CT molecular complexity index is 695. The molecule has 0 amide bonds. The third-order valence-electron chi connectivity index (χ3n) is 3.29. The van der Waals surface area contributed by atoms with E-state index in [1.807, 2.05) is 42.6 Å². The smallest absolute Gasteiger partial charge is 0.123 e. The number of hydrogen-bond donors (Lipinski definition) is 1. The standard InChI is InChI=1S/C14H16N6/c1-19-7-5-17-14(19)4-6-20-10-16-9-12(20)11-2-3-13(15)18-8-11/h2-3,5,7-10H,4,6H2,1H3,(H2,15,18). The van der Waals surface area contributed by atoms with Crippen LogP contribution in [0.1, 0.15) is 5.82 Å². The van der Waals surface area contributed by atoms with Gasteiger partial charge in [0.15, 0.2) is 0 Å². The van der Waals surface area contributed by atoms with E-state index >= 15 is 0 Å². The maximum absolute atomic E-state index is 5.61. The Kier molecular flexibility index (Phi) is 3.20. The van der Waals surface area contributed by atoms with Crippen molar-refractivity contribution in [1.29, 1.82) is 0 Å². The van der Waals surface area contributed by atoms with E-state index in [-0.39, 0.29) is 0 Å². The summed E-state index contributed by atoms with van der Waals surface area (Å²) >= 11 is 0. The number of nitrogens with zero attached hydrogens (tertiary/aromatic N) is 5. The number of rotatable bonds is 4. The molecule has 6 nitrogen and oxygen atoms in total. The van der Waals surface area contributed by atoms with Crippen molar-refractivity contribution in [3.8, 4) is 11.3 Å². The molecule has 0 aliphatic heterocycles. The average Bonchev–Trinajstić information content (AvgIpc) is 3.06. The number of anilines is 1. The molecule has 20 heavy (non-hydrogen) atoms. The number of nitrogens with two attached hydrogens (primary N) is 1. The Morgan fingerprint density at radius 2 is 2.10 bits per heavy atom. The maximum Gasteiger partial charge on any atom is 0.123 e. The fourth-order valence-electron chi connectivity index (χ4n) is 2.15. The van der Waals surface area contributed by atoms with Crippen LogP contribution in [0.25, 0.3) is 11.3 Å². The third-order valence-corrected chi connectivity index (χ3v) is 3.29. The van der Waals surface area contributed by atoms with E-state index in [2.05, 4.69) is 19.5 Å². The van der Waals surface area contributed by atoms with Crippen LogP contribution in [0, 0.1) is 0 Å². The molecule has 0 saturated carbocycles. The summed E-state index contributed by atoms with van der Waals surface area (Å²) < 4.78 is 4.13. The van der Waals surface area contributed by atoms with Gasteiger partial charge in [0.1, 0.15) is 11.6 Å². The lowest BCUT2D eigenvalue weighted by molar-refractivity contribution is 0.654. The predicted molar refractivity (Wildman–Crippen MR) is 76.8 cm³/mol. The Hall–Kier alpha value is -2.63. The van der Waals surface area contributed by atoms with Crippen molar-refractivity contribution in [2.75, 3.05) is 5.73 Å². The van der Waals surface area contributed by atoms with Crippen LogP contribution in [0.5, 0.6) is 0 Å². The number of nitrogen functional groups attached to an aromatic ring is 1. The minimum atomic E-state index is 0.521. The van der Waals surface area contributed by atoms with Gasteiger partial charge in [-0.15, -0.1) is 0 Å². The van der Waals surface area contributed by atoms with Crippen LogP contribution in [-0.4, -0.2) is 24.1 Å². The number of aromatic nitrogens is 5. The lowest BCUT2D eigenvalue weighted by Gasteiger charge is -2.08. The van der Waals surface area contributed by atoms with E-state index in [9.17, 15) is 0 Å². The molecule has 6 heteroatoms. The van der Waals surface area contributed by atoms with E-state index in [0.717, 1.165) is 30.0 Å². The summed E-state index contributed by atoms with van der Waals surface area (Å²) in [7, 11) is 2.00. The first-order chi connectivity index (χ1) is 9.74. The number of aryl methyl sites for hydroxylation is 3. The van der Waals surface area contributed by atoms with Gasteiger partial charge in [-0.3, -0.25) is 0 Å². The van der Waals surface area contributed by atoms with Gasteiger partial charge in [-0.25, -0.2) is 15.0 Å². The van der Waals surface area contributed by atoms with E-state index in [1.165, 1.54) is 0 Å². The third kappa shape index (κ3) is 2.40. The first kappa shape index (κ1) is 12.4. The molecular formula is C14H16N6. The maximum atomic E-state index is 5.61. The van der Waals surface area contributed by atoms with Crippen LogP contribution in [0.3, 0.4) is 0 Å². The molecular weight excluding hydrogens is 252 g/mol. The second-order valence-corrected chi connectivity index (χ2v) is 4.65. The van der Waals surface area contributed by atoms with Crippen molar-refractivity contribution in [3.63, 3.8) is 0 Å². The zero-order chi connectivity index (χ0) is 13.9. The molecule has 3 rings (SSSR count). The SMILES string of the molecule is Cn1ccnc1CCn1cncc1-c1ccc(N)nc1. The first-order valence-electron chi connectivity index (χ1n) is 6.42. The lowest BCUT2D eigenvalue weighted by atomic mass is 10.2. The normalized spacial score (nSPS) is 10.8. The zero-order valence-corrected chi connectivity index (χ0v) is 11.3. The second kappa shape index (κ2) is 5.16. The first-order valence-corrected chi connectivity index (χ1v) is 6.42. The number of imidazole rings is 2. The summed E-state index contributed by atoms with van der Waals surface area (Å²) in [4.78, 5) is 12.7. The molecule has 3 aromatic heterocycles. The highest BCUT2D eigenvalue weighted by atomic mass is 15.1. The van der Waals surface area contributed by atoms with Crippen molar-refractivity contribution < 1.29 is 0 Å². The molecule has 2 N–H and O–H groups in total. The molecule has 3 aromatic rings. The van der Waals surface area contributed by atoms with Crippen molar-refractivity contribution in [2.24, 2.45) is 7.05 Å². The van der Waals surface area contributed by atoms with E-state index < -0.39 is 0 Å². The number of pyridine rings is 1. The molecule has 0 aromatic carbocycles. The molecule has 102 valence electrons. The highest BCUT2D eigenvalue weighted by Crippen LogP contribution is 2.19. The van der Waals surface area contributed by atoms with Gasteiger partial charge < -0.3 is 14.9 Å². The molecule has 0 unspecified atom stereocenters. The minimum absolute atomic E-state index is 0.521. The fraction of sp³-hybridized carbons (Fsp3) is 0.214. The summed E-state index contributed by atoms with van der Waals surface area (Å²) in [6.45, 7) is 0.824. The van der Waals surface area contributed by atoms with Crippen LogP contribution in [-0.2, 0) is 20.0 Å². The molecule has 0 radical (unpaired) electrons. The van der Waals surface area contributed by atoms with Gasteiger partial charge in [0.2, 0.25) is 0 Å². The molecule has 0 bridgehead atoms. The second-order valence-electron chi connectivity index (χ2n) is 4.65. The predicted octanol–water partition coefficient (Wildman–Crippen LogP) is 1.50. The molecule has 0 aliphatic carbocycles. The van der Waals surface area contributed by atoms with Crippen LogP contribution in [0.2, 0.25) is 0 Å². The van der Waals surface area contributed by atoms with Gasteiger partial charge in [0.25, 0.3) is 0 Å². The molecule has 0 atom stereocenters. The zero-order valence-electron chi connectivity index (χ0n) is 11.3. The van der Waals surface area contributed by atoms with E-state index in [1.54, 1.807) is 12.3 Å². The Morgan fingerprint density at radius 3 is 2.80 bits per heavy atom. The van der Waals surface area contributed by atoms with Gasteiger partial charge in [-0.2, -0.15) is 0 Å². The molecule has 0 aliphatic rings. The molecule has 0 spiro atoms. The van der Waals surface area contributed by atoms with Crippen molar-refractivity contribution >= 4 is 5.82 Å². The summed E-state index contributed by atoms with van der Waals surface area (Å²) in [6.07, 6.45) is 10.1. The average molecular weight is 268 g/mol. The monoisotopic (exact) mass is 268 g/mol. The largest absolute Gasteiger partial charge is 0.384 e. The van der Waals surface area contributed by atoms with Crippen LogP contribution in [0.4, 0.5) is 5.82 Å². The molecule has 3 heterocycles. The molecule has 0 fully saturated rings. The summed E-state index contributed by atoms with van der Waals surface area (Å²) in [5, 5.41) is 0. The van der Waals surface area contributed by atoms with Gasteiger partial charge in [0.05, 0.1) is 18.2 Å². The van der Waals surface area contributed by atoms with Gasteiger partial charge in [-0.05, 0) is 12.1 Å². The van der Waals surface area contributed by atoms with Gasteiger partial charge in [-0.1, -0.05) is 0 Å². The van der Waals surface area contributed by atoms with E-state index in [4.69, 9.17) is 5.73 Å².